The first-order chi connectivity index (χ1) is 12.5. The summed E-state index contributed by atoms with van der Waals surface area (Å²) in [5.74, 6) is -0.0239. The summed E-state index contributed by atoms with van der Waals surface area (Å²) in [6.45, 7) is 20.2. The van der Waals surface area contributed by atoms with E-state index in [0.717, 1.165) is 32.1 Å². The van der Waals surface area contributed by atoms with Gasteiger partial charge in [-0.1, -0.05) is 48.5 Å². The number of carbonyl (C=O) groups excluding carboxylic acids is 1. The Bertz CT molecular complexity index is 404. The molecular weight excluding hydrogens is 374 g/mol. The van der Waals surface area contributed by atoms with E-state index in [-0.39, 0.29) is 5.97 Å². The third-order valence-corrected chi connectivity index (χ3v) is 15.0. The molecule has 0 aliphatic heterocycles. The summed E-state index contributed by atoms with van der Waals surface area (Å²) in [6, 6.07) is 0.963. The van der Waals surface area contributed by atoms with Crippen LogP contribution in [0.1, 0.15) is 61.3 Å². The van der Waals surface area contributed by atoms with E-state index in [1.165, 1.54) is 0 Å². The van der Waals surface area contributed by atoms with E-state index in [1.54, 1.807) is 14.2 Å². The smallest absolute Gasteiger partial charge is 0.334 e. The molecule has 7 heteroatoms. The summed E-state index contributed by atoms with van der Waals surface area (Å²) in [4.78, 5) is 15.0. The van der Waals surface area contributed by atoms with Crippen LogP contribution in [0.3, 0.4) is 0 Å². The van der Waals surface area contributed by atoms with Gasteiger partial charge in [-0.25, -0.2) is 0 Å². The van der Waals surface area contributed by atoms with Gasteiger partial charge in [0.05, 0.1) is 6.42 Å². The second-order valence-corrected chi connectivity index (χ2v) is 17.6. The first-order valence-electron chi connectivity index (χ1n) is 10.5. The Labute approximate surface area is 170 Å². The molecule has 0 rings (SSSR count). The van der Waals surface area contributed by atoms with Gasteiger partial charge in [-0.05, 0) is 48.7 Å². The molecule has 0 aromatic heterocycles. The number of nitrogens with zero attached hydrogens (tertiary/aromatic N) is 1. The Morgan fingerprint density at radius 1 is 0.926 bits per heavy atom. The maximum absolute atomic E-state index is 12.7. The van der Waals surface area contributed by atoms with Gasteiger partial charge in [0, 0.05) is 20.8 Å². The normalized spacial score (nSPS) is 13.3. The molecule has 0 amide bonds. The van der Waals surface area contributed by atoms with Crippen LogP contribution in [0.15, 0.2) is 0 Å². The summed E-state index contributed by atoms with van der Waals surface area (Å²) in [5.41, 5.74) is 1.28. The maximum Gasteiger partial charge on any atom is 0.334 e. The van der Waals surface area contributed by atoms with E-state index in [1.807, 2.05) is 0 Å². The van der Waals surface area contributed by atoms with Crippen molar-refractivity contribution in [2.75, 3.05) is 33.9 Å². The Morgan fingerprint density at radius 3 is 1.78 bits per heavy atom. The van der Waals surface area contributed by atoms with E-state index in [0.29, 0.717) is 23.0 Å². The van der Waals surface area contributed by atoms with E-state index in [2.05, 4.69) is 59.9 Å². The van der Waals surface area contributed by atoms with Crippen molar-refractivity contribution in [3.63, 3.8) is 0 Å². The molecule has 0 unspecified atom stereocenters. The summed E-state index contributed by atoms with van der Waals surface area (Å²) < 4.78 is 17.4. The Balaban J connectivity index is 4.67. The van der Waals surface area contributed by atoms with Crippen LogP contribution in [0.4, 0.5) is 0 Å². The van der Waals surface area contributed by atoms with Crippen LogP contribution in [0.5, 0.6) is 0 Å². The summed E-state index contributed by atoms with van der Waals surface area (Å²) in [6.07, 6.45) is 1.49. The quantitative estimate of drug-likeness (QED) is 0.363. The van der Waals surface area contributed by atoms with Crippen LogP contribution < -0.4 is 0 Å². The highest BCUT2D eigenvalue weighted by Crippen LogP contribution is 2.42. The van der Waals surface area contributed by atoms with Crippen LogP contribution >= 0.6 is 0 Å². The highest BCUT2D eigenvalue weighted by atomic mass is 28.4. The van der Waals surface area contributed by atoms with Crippen LogP contribution in [0, 0.1) is 0 Å². The Kier molecular flexibility index (Phi) is 12.3. The van der Waals surface area contributed by atoms with Gasteiger partial charge in [-0.15, -0.1) is 0 Å². The molecule has 0 aromatic carbocycles. The fraction of sp³-hybridized carbons (Fsp3) is 0.950. The van der Waals surface area contributed by atoms with Crippen molar-refractivity contribution in [1.29, 1.82) is 0 Å². The molecule has 0 radical (unpaired) electrons. The first kappa shape index (κ1) is 26.8. The summed E-state index contributed by atoms with van der Waals surface area (Å²) >= 11 is 0. The fourth-order valence-electron chi connectivity index (χ4n) is 4.19. The van der Waals surface area contributed by atoms with Crippen LogP contribution in [-0.4, -0.2) is 61.6 Å². The van der Waals surface area contributed by atoms with Gasteiger partial charge in [0.2, 0.25) is 0 Å². The largest absolute Gasteiger partial charge is 0.518 e. The third kappa shape index (κ3) is 7.97. The molecule has 0 N–H and O–H groups in total. The molecule has 0 heterocycles. The predicted octanol–water partition coefficient (Wildman–Crippen LogP) is 5.17. The van der Waals surface area contributed by atoms with Gasteiger partial charge in [0.25, 0.3) is 14.3 Å². The molecular formula is C20H45NO4Si2. The molecule has 0 spiro atoms. The molecule has 162 valence electrons. The molecule has 0 saturated carbocycles. The maximum atomic E-state index is 12.7. The Hall–Kier alpha value is -0.216. The lowest BCUT2D eigenvalue weighted by Crippen LogP contribution is -2.49. The van der Waals surface area contributed by atoms with E-state index >= 15 is 0 Å². The van der Waals surface area contributed by atoms with Crippen molar-refractivity contribution in [1.82, 2.24) is 4.90 Å². The minimum atomic E-state index is -2.13. The van der Waals surface area contributed by atoms with Crippen molar-refractivity contribution in [2.45, 2.75) is 90.5 Å². The van der Waals surface area contributed by atoms with Crippen molar-refractivity contribution in [2.24, 2.45) is 0 Å². The van der Waals surface area contributed by atoms with E-state index in [9.17, 15) is 4.79 Å². The molecule has 0 aliphatic rings. The topological polar surface area (TPSA) is 48.0 Å². The van der Waals surface area contributed by atoms with Crippen LogP contribution in [-0.2, 0) is 18.1 Å². The zero-order valence-electron chi connectivity index (χ0n) is 19.6. The lowest BCUT2D eigenvalue weighted by Gasteiger charge is -2.41. The minimum absolute atomic E-state index is 0.0239. The van der Waals surface area contributed by atoms with Crippen molar-refractivity contribution < 1.29 is 18.1 Å². The van der Waals surface area contributed by atoms with Crippen molar-refractivity contribution in [3.05, 3.63) is 0 Å². The second-order valence-electron chi connectivity index (χ2n) is 8.62. The average Bonchev–Trinajstić information content (AvgIpc) is 2.61. The lowest BCUT2D eigenvalue weighted by molar-refractivity contribution is -0.136. The Morgan fingerprint density at radius 2 is 1.41 bits per heavy atom. The van der Waals surface area contributed by atoms with E-state index in [4.69, 9.17) is 13.3 Å². The van der Waals surface area contributed by atoms with Gasteiger partial charge in [-0.3, -0.25) is 4.79 Å². The second kappa shape index (κ2) is 12.4. The molecule has 5 nitrogen and oxygen atoms in total. The number of hydrogen-bond donors (Lipinski definition) is 0. The SMILES string of the molecule is CCN(CCC[Si](C)(OC)OC)CCC(=O)O[Si](C(C)C)(C(C)C)C(C)C. The van der Waals surface area contributed by atoms with E-state index < -0.39 is 16.9 Å². The zero-order chi connectivity index (χ0) is 21.3. The van der Waals surface area contributed by atoms with Crippen LogP contribution in [0.2, 0.25) is 29.2 Å². The summed E-state index contributed by atoms with van der Waals surface area (Å²) in [7, 11) is -0.665. The molecule has 0 atom stereocenters. The predicted molar refractivity (Wildman–Crippen MR) is 119 cm³/mol. The molecule has 0 aliphatic carbocycles. The number of rotatable bonds is 14. The molecule has 0 saturated heterocycles. The fourth-order valence-corrected chi connectivity index (χ4v) is 10.8. The zero-order valence-corrected chi connectivity index (χ0v) is 21.6. The monoisotopic (exact) mass is 419 g/mol. The van der Waals surface area contributed by atoms with Gasteiger partial charge in [0.15, 0.2) is 0 Å². The molecule has 0 fully saturated rings. The standard InChI is InChI=1S/C20H45NO4Si2/c1-11-21(14-12-16-26(10,23-8)24-9)15-13-20(22)25-27(17(2)3,18(4)5)19(6)7/h17-19H,11-16H2,1-10H3. The third-order valence-electron chi connectivity index (χ3n) is 6.05. The number of carbonyl (C=O) groups is 1. The molecule has 27 heavy (non-hydrogen) atoms. The highest BCUT2D eigenvalue weighted by Gasteiger charge is 2.48. The molecule has 0 aromatic rings. The average molecular weight is 420 g/mol. The van der Waals surface area contributed by atoms with Gasteiger partial charge in [-0.2, -0.15) is 0 Å². The van der Waals surface area contributed by atoms with Crippen molar-refractivity contribution in [3.8, 4) is 0 Å². The molecule has 0 bridgehead atoms. The van der Waals surface area contributed by atoms with Crippen LogP contribution in [0.25, 0.3) is 0 Å². The van der Waals surface area contributed by atoms with Gasteiger partial charge in [0.1, 0.15) is 0 Å². The minimum Gasteiger partial charge on any atom is -0.518 e. The lowest BCUT2D eigenvalue weighted by atomic mass is 10.3. The number of hydrogen-bond acceptors (Lipinski definition) is 5. The highest BCUT2D eigenvalue weighted by molar-refractivity contribution is 6.78. The van der Waals surface area contributed by atoms with Gasteiger partial charge >= 0.3 is 8.56 Å². The van der Waals surface area contributed by atoms with Crippen molar-refractivity contribution >= 4 is 22.8 Å². The van der Waals surface area contributed by atoms with Gasteiger partial charge < -0.3 is 18.2 Å². The first-order valence-corrected chi connectivity index (χ1v) is 15.2. The summed E-state index contributed by atoms with van der Waals surface area (Å²) in [5, 5.41) is 0.